The largest absolute Gasteiger partial charge is 0.573 e. The molecule has 0 saturated carbocycles. The van der Waals surface area contributed by atoms with Crippen LogP contribution in [0, 0.1) is 0 Å². The van der Waals surface area contributed by atoms with Gasteiger partial charge in [0.25, 0.3) is 11.8 Å². The second kappa shape index (κ2) is 7.07. The molecule has 0 radical (unpaired) electrons. The van der Waals surface area contributed by atoms with E-state index in [1.54, 1.807) is 24.3 Å². The number of amides is 2. The van der Waals surface area contributed by atoms with Crippen LogP contribution in [-0.4, -0.2) is 36.2 Å². The molecule has 0 N–H and O–H groups in total. The Morgan fingerprint density at radius 1 is 0.846 bits per heavy atom. The molecule has 0 fully saturated rings. The van der Waals surface area contributed by atoms with Crippen LogP contribution < -0.4 is 9.47 Å². The minimum absolute atomic E-state index is 0.196. The van der Waals surface area contributed by atoms with Crippen molar-refractivity contribution >= 4 is 11.8 Å². The Morgan fingerprint density at radius 2 is 1.38 bits per heavy atom. The first kappa shape index (κ1) is 17.8. The maximum atomic E-state index is 12.2. The van der Waals surface area contributed by atoms with Gasteiger partial charge in [-0.3, -0.25) is 14.5 Å². The number of hydrogen-bond donors (Lipinski definition) is 0. The number of imide groups is 1. The molecule has 26 heavy (non-hydrogen) atoms. The smallest absolute Gasteiger partial charge is 0.494 e. The van der Waals surface area contributed by atoms with Gasteiger partial charge in [-0.15, -0.1) is 13.2 Å². The van der Waals surface area contributed by atoms with Crippen molar-refractivity contribution in [2.24, 2.45) is 0 Å². The fourth-order valence-corrected chi connectivity index (χ4v) is 2.59. The molecule has 0 atom stereocenters. The van der Waals surface area contributed by atoms with Crippen molar-refractivity contribution < 1.29 is 32.2 Å². The minimum atomic E-state index is -4.74. The lowest BCUT2D eigenvalue weighted by Crippen LogP contribution is -2.31. The summed E-state index contributed by atoms with van der Waals surface area (Å²) in [5, 5.41) is 0. The number of carbonyl (C=O) groups is 2. The van der Waals surface area contributed by atoms with E-state index in [1.807, 2.05) is 0 Å². The molecular formula is C18H14F3NO4. The van der Waals surface area contributed by atoms with Crippen LogP contribution >= 0.6 is 0 Å². The molecule has 0 aromatic heterocycles. The third-order valence-electron chi connectivity index (χ3n) is 3.73. The molecule has 1 aliphatic rings. The maximum absolute atomic E-state index is 12.2. The highest BCUT2D eigenvalue weighted by molar-refractivity contribution is 6.21. The molecule has 2 aromatic rings. The Morgan fingerprint density at radius 3 is 1.92 bits per heavy atom. The van der Waals surface area contributed by atoms with Crippen LogP contribution in [0.1, 0.15) is 27.1 Å². The molecule has 5 nitrogen and oxygen atoms in total. The monoisotopic (exact) mass is 365 g/mol. The minimum Gasteiger partial charge on any atom is -0.494 e. The maximum Gasteiger partial charge on any atom is 0.573 e. The van der Waals surface area contributed by atoms with Crippen LogP contribution in [0.25, 0.3) is 0 Å². The predicted molar refractivity (Wildman–Crippen MR) is 85.0 cm³/mol. The number of halogens is 3. The van der Waals surface area contributed by atoms with E-state index in [0.29, 0.717) is 23.3 Å². The van der Waals surface area contributed by atoms with Crippen molar-refractivity contribution in [3.8, 4) is 11.5 Å². The van der Waals surface area contributed by atoms with Crippen LogP contribution in [0.15, 0.2) is 48.5 Å². The summed E-state index contributed by atoms with van der Waals surface area (Å²) < 4.78 is 45.4. The van der Waals surface area contributed by atoms with E-state index in [-0.39, 0.29) is 30.7 Å². The van der Waals surface area contributed by atoms with Gasteiger partial charge in [-0.05, 0) is 42.8 Å². The average Bonchev–Trinajstić information content (AvgIpc) is 2.84. The van der Waals surface area contributed by atoms with Crippen LogP contribution in [0.3, 0.4) is 0 Å². The molecule has 136 valence electrons. The van der Waals surface area contributed by atoms with E-state index < -0.39 is 6.36 Å². The second-order valence-electron chi connectivity index (χ2n) is 5.53. The lowest BCUT2D eigenvalue weighted by Gasteiger charge is -2.14. The van der Waals surface area contributed by atoms with Crippen molar-refractivity contribution in [3.63, 3.8) is 0 Å². The Labute approximate surface area is 146 Å². The van der Waals surface area contributed by atoms with E-state index in [2.05, 4.69) is 4.74 Å². The van der Waals surface area contributed by atoms with Crippen molar-refractivity contribution in [3.05, 3.63) is 59.7 Å². The highest BCUT2D eigenvalue weighted by atomic mass is 19.4. The number of nitrogens with zero attached hydrogens (tertiary/aromatic N) is 1. The van der Waals surface area contributed by atoms with Gasteiger partial charge in [0.05, 0.1) is 17.7 Å². The third kappa shape index (κ3) is 3.96. The standard InChI is InChI=1S/C18H14F3NO4/c19-18(20,21)26-13-8-6-12(7-9-13)25-11-3-10-22-16(23)14-4-1-2-5-15(14)17(22)24/h1-2,4-9H,3,10-11H2. The van der Waals surface area contributed by atoms with Gasteiger partial charge in [-0.25, -0.2) is 0 Å². The van der Waals surface area contributed by atoms with Gasteiger partial charge in [0.15, 0.2) is 0 Å². The van der Waals surface area contributed by atoms with E-state index >= 15 is 0 Å². The van der Waals surface area contributed by atoms with Crippen LogP contribution in [0.2, 0.25) is 0 Å². The number of fused-ring (bicyclic) bond motifs is 1. The van der Waals surface area contributed by atoms with Gasteiger partial charge < -0.3 is 9.47 Å². The summed E-state index contributed by atoms with van der Waals surface area (Å²) in [7, 11) is 0. The molecule has 0 bridgehead atoms. The second-order valence-corrected chi connectivity index (χ2v) is 5.53. The van der Waals surface area contributed by atoms with Crippen molar-refractivity contribution in [1.82, 2.24) is 4.90 Å². The lowest BCUT2D eigenvalue weighted by molar-refractivity contribution is -0.274. The third-order valence-corrected chi connectivity index (χ3v) is 3.73. The zero-order valence-electron chi connectivity index (χ0n) is 13.5. The molecule has 1 aliphatic heterocycles. The highest BCUT2D eigenvalue weighted by Crippen LogP contribution is 2.25. The number of hydrogen-bond acceptors (Lipinski definition) is 4. The lowest BCUT2D eigenvalue weighted by atomic mass is 10.1. The number of rotatable bonds is 6. The van der Waals surface area contributed by atoms with Crippen LogP contribution in [-0.2, 0) is 0 Å². The summed E-state index contributed by atoms with van der Waals surface area (Å²) in [5.74, 6) is -0.642. The molecule has 0 saturated heterocycles. The van der Waals surface area contributed by atoms with Gasteiger partial charge in [0, 0.05) is 6.54 Å². The number of ether oxygens (including phenoxy) is 2. The molecule has 2 aromatic carbocycles. The fraction of sp³-hybridized carbons (Fsp3) is 0.222. The van der Waals surface area contributed by atoms with E-state index in [1.165, 1.54) is 12.1 Å². The van der Waals surface area contributed by atoms with Crippen molar-refractivity contribution in [2.45, 2.75) is 12.8 Å². The number of carbonyl (C=O) groups excluding carboxylic acids is 2. The van der Waals surface area contributed by atoms with Gasteiger partial charge in [-0.1, -0.05) is 12.1 Å². The Kier molecular flexibility index (Phi) is 4.83. The Balaban J connectivity index is 1.48. The summed E-state index contributed by atoms with van der Waals surface area (Å²) in [6.45, 7) is 0.397. The molecule has 8 heteroatoms. The quantitative estimate of drug-likeness (QED) is 0.579. The summed E-state index contributed by atoms with van der Waals surface area (Å²) in [4.78, 5) is 25.5. The van der Waals surface area contributed by atoms with Gasteiger partial charge >= 0.3 is 6.36 Å². The van der Waals surface area contributed by atoms with Gasteiger partial charge in [-0.2, -0.15) is 0 Å². The summed E-state index contributed by atoms with van der Waals surface area (Å²) >= 11 is 0. The number of benzene rings is 2. The zero-order chi connectivity index (χ0) is 18.7. The van der Waals surface area contributed by atoms with E-state index in [0.717, 1.165) is 17.0 Å². The van der Waals surface area contributed by atoms with Gasteiger partial charge in [0.2, 0.25) is 0 Å². The predicted octanol–water partition coefficient (Wildman–Crippen LogP) is 3.65. The zero-order valence-corrected chi connectivity index (χ0v) is 13.5. The molecule has 1 heterocycles. The molecule has 0 aliphatic carbocycles. The normalized spacial score (nSPS) is 13.7. The SMILES string of the molecule is O=C1c2ccccc2C(=O)N1CCCOc1ccc(OC(F)(F)F)cc1. The fourth-order valence-electron chi connectivity index (χ4n) is 2.59. The number of alkyl halides is 3. The van der Waals surface area contributed by atoms with Crippen LogP contribution in [0.5, 0.6) is 11.5 Å². The summed E-state index contributed by atoms with van der Waals surface area (Å²) in [6.07, 6.45) is -4.35. The van der Waals surface area contributed by atoms with E-state index in [9.17, 15) is 22.8 Å². The molecule has 0 spiro atoms. The first-order valence-corrected chi connectivity index (χ1v) is 7.79. The molecule has 0 unspecified atom stereocenters. The molecule has 3 rings (SSSR count). The Bertz CT molecular complexity index is 783. The van der Waals surface area contributed by atoms with Gasteiger partial charge in [0.1, 0.15) is 11.5 Å². The average molecular weight is 365 g/mol. The molecular weight excluding hydrogens is 351 g/mol. The summed E-state index contributed by atoms with van der Waals surface area (Å²) in [5.41, 5.74) is 0.775. The highest BCUT2D eigenvalue weighted by Gasteiger charge is 2.34. The topological polar surface area (TPSA) is 55.8 Å². The van der Waals surface area contributed by atoms with Crippen molar-refractivity contribution in [2.75, 3.05) is 13.2 Å². The van der Waals surface area contributed by atoms with Crippen LogP contribution in [0.4, 0.5) is 13.2 Å². The molecule has 2 amide bonds. The van der Waals surface area contributed by atoms with E-state index in [4.69, 9.17) is 4.74 Å². The Hall–Kier alpha value is -3.03. The van der Waals surface area contributed by atoms with Crippen molar-refractivity contribution in [1.29, 1.82) is 0 Å². The summed E-state index contributed by atoms with van der Waals surface area (Å²) in [6, 6.07) is 11.6. The first-order chi connectivity index (χ1) is 12.3. The first-order valence-electron chi connectivity index (χ1n) is 7.79.